The molecule has 2 N–H and O–H groups in total. The Morgan fingerprint density at radius 3 is 2.43 bits per heavy atom. The Labute approximate surface area is 181 Å². The average molecular weight is 422 g/mol. The normalized spacial score (nSPS) is 11.7. The lowest BCUT2D eigenvalue weighted by Crippen LogP contribution is -2.30. The fraction of sp³-hybridized carbons (Fsp3) is 0.292. The van der Waals surface area contributed by atoms with E-state index in [2.05, 4.69) is 39.9 Å². The summed E-state index contributed by atoms with van der Waals surface area (Å²) in [6.45, 7) is 5.57. The van der Waals surface area contributed by atoms with Gasteiger partial charge in [-0.3, -0.25) is 9.59 Å². The number of thiazole rings is 1. The summed E-state index contributed by atoms with van der Waals surface area (Å²) in [7, 11) is 0. The van der Waals surface area contributed by atoms with Crippen molar-refractivity contribution in [2.24, 2.45) is 0 Å². The van der Waals surface area contributed by atoms with E-state index in [-0.39, 0.29) is 24.3 Å². The number of aryl methyl sites for hydroxylation is 2. The Morgan fingerprint density at radius 2 is 1.77 bits per heavy atom. The molecule has 6 heteroatoms. The zero-order valence-corrected chi connectivity index (χ0v) is 18.4. The summed E-state index contributed by atoms with van der Waals surface area (Å²) in [5, 5.41) is 8.60. The van der Waals surface area contributed by atoms with Crippen LogP contribution in [0, 0.1) is 6.92 Å². The van der Waals surface area contributed by atoms with Crippen molar-refractivity contribution in [2.45, 2.75) is 46.1 Å². The van der Waals surface area contributed by atoms with Crippen LogP contribution in [0.25, 0.3) is 11.3 Å². The van der Waals surface area contributed by atoms with E-state index in [0.717, 1.165) is 40.4 Å². The third-order valence-corrected chi connectivity index (χ3v) is 5.61. The van der Waals surface area contributed by atoms with Crippen LogP contribution in [0.1, 0.15) is 36.4 Å². The van der Waals surface area contributed by atoms with Crippen LogP contribution >= 0.6 is 11.3 Å². The Kier molecular flexibility index (Phi) is 7.36. The number of carbonyl (C=O) groups is 2. The molecule has 0 saturated carbocycles. The molecule has 0 saturated heterocycles. The van der Waals surface area contributed by atoms with Gasteiger partial charge in [0.1, 0.15) is 5.01 Å². The van der Waals surface area contributed by atoms with E-state index >= 15 is 0 Å². The lowest BCUT2D eigenvalue weighted by Gasteiger charge is -2.12. The third-order valence-electron chi connectivity index (χ3n) is 4.76. The van der Waals surface area contributed by atoms with Crippen molar-refractivity contribution >= 4 is 28.8 Å². The molecule has 1 atom stereocenters. The van der Waals surface area contributed by atoms with E-state index in [4.69, 9.17) is 0 Å². The fourth-order valence-electron chi connectivity index (χ4n) is 3.15. The fourth-order valence-corrected chi connectivity index (χ4v) is 3.95. The number of nitrogens with zero attached hydrogens (tertiary/aromatic N) is 1. The molecule has 0 aliphatic rings. The molecule has 5 nitrogen and oxygen atoms in total. The molecule has 156 valence electrons. The van der Waals surface area contributed by atoms with Gasteiger partial charge in [0.05, 0.1) is 12.1 Å². The maximum absolute atomic E-state index is 12.3. The maximum Gasteiger partial charge on any atom is 0.231 e. The van der Waals surface area contributed by atoms with E-state index in [0.29, 0.717) is 0 Å². The average Bonchev–Trinajstić information content (AvgIpc) is 3.16. The van der Waals surface area contributed by atoms with Crippen LogP contribution in [0.5, 0.6) is 0 Å². The minimum atomic E-state index is -0.0663. The van der Waals surface area contributed by atoms with Gasteiger partial charge in [0, 0.05) is 29.6 Å². The summed E-state index contributed by atoms with van der Waals surface area (Å²) in [5.41, 5.74) is 5.10. The van der Waals surface area contributed by atoms with Gasteiger partial charge in [-0.1, -0.05) is 42.0 Å². The highest BCUT2D eigenvalue weighted by molar-refractivity contribution is 7.10. The molecule has 0 aliphatic heterocycles. The molecular weight excluding hydrogens is 394 g/mol. The third kappa shape index (κ3) is 6.52. The number of aromatic nitrogens is 1. The summed E-state index contributed by atoms with van der Waals surface area (Å²) >= 11 is 1.50. The molecule has 0 aliphatic carbocycles. The second-order valence-electron chi connectivity index (χ2n) is 7.55. The Bertz CT molecular complexity index is 994. The summed E-state index contributed by atoms with van der Waals surface area (Å²) in [6.07, 6.45) is 2.07. The standard InChI is InChI=1S/C24H27N3O2S/c1-16-4-12-21(13-5-16)26-23(29)14-24-27-22(15-30-24)20-10-8-19(9-11-20)7-6-17(2)25-18(3)28/h4-5,8-13,15,17H,6-7,14H2,1-3H3,(H,25,28)(H,26,29)/t17-/m0/s1. The van der Waals surface area contributed by atoms with Gasteiger partial charge in [0.15, 0.2) is 0 Å². The van der Waals surface area contributed by atoms with Crippen LogP contribution in [0.4, 0.5) is 5.69 Å². The second-order valence-corrected chi connectivity index (χ2v) is 8.50. The van der Waals surface area contributed by atoms with Crippen LogP contribution < -0.4 is 10.6 Å². The summed E-state index contributed by atoms with van der Waals surface area (Å²) < 4.78 is 0. The molecule has 0 unspecified atom stereocenters. The van der Waals surface area contributed by atoms with Crippen LogP contribution in [0.3, 0.4) is 0 Å². The van der Waals surface area contributed by atoms with Gasteiger partial charge in [0.2, 0.25) is 11.8 Å². The number of hydrogen-bond donors (Lipinski definition) is 2. The number of nitrogens with one attached hydrogen (secondary N) is 2. The molecule has 30 heavy (non-hydrogen) atoms. The van der Waals surface area contributed by atoms with Gasteiger partial charge in [0.25, 0.3) is 0 Å². The number of hydrogen-bond acceptors (Lipinski definition) is 4. The topological polar surface area (TPSA) is 71.1 Å². The molecule has 0 radical (unpaired) electrons. The maximum atomic E-state index is 12.3. The highest BCUT2D eigenvalue weighted by Crippen LogP contribution is 2.23. The van der Waals surface area contributed by atoms with Crippen molar-refractivity contribution in [3.63, 3.8) is 0 Å². The molecule has 0 bridgehead atoms. The smallest absolute Gasteiger partial charge is 0.231 e. The number of carbonyl (C=O) groups excluding carboxylic acids is 2. The first-order chi connectivity index (χ1) is 14.4. The lowest BCUT2D eigenvalue weighted by atomic mass is 10.0. The van der Waals surface area contributed by atoms with Gasteiger partial charge in [-0.05, 0) is 44.4 Å². The zero-order valence-electron chi connectivity index (χ0n) is 17.6. The van der Waals surface area contributed by atoms with E-state index in [1.165, 1.54) is 16.9 Å². The van der Waals surface area contributed by atoms with Crippen molar-refractivity contribution in [3.8, 4) is 11.3 Å². The Morgan fingerprint density at radius 1 is 1.07 bits per heavy atom. The summed E-state index contributed by atoms with van der Waals surface area (Å²) in [4.78, 5) is 28.0. The van der Waals surface area contributed by atoms with Gasteiger partial charge in [-0.25, -0.2) is 4.98 Å². The van der Waals surface area contributed by atoms with Crippen LogP contribution in [-0.4, -0.2) is 22.8 Å². The molecule has 2 amide bonds. The molecule has 1 heterocycles. The van der Waals surface area contributed by atoms with Crippen molar-refractivity contribution < 1.29 is 9.59 Å². The van der Waals surface area contributed by atoms with Gasteiger partial charge >= 0.3 is 0 Å². The van der Waals surface area contributed by atoms with Gasteiger partial charge in [-0.2, -0.15) is 0 Å². The molecule has 3 rings (SSSR count). The first-order valence-corrected chi connectivity index (χ1v) is 10.9. The second kappa shape index (κ2) is 10.2. The molecule has 1 aromatic heterocycles. The van der Waals surface area contributed by atoms with Crippen molar-refractivity contribution in [2.75, 3.05) is 5.32 Å². The lowest BCUT2D eigenvalue weighted by molar-refractivity contribution is -0.119. The van der Waals surface area contributed by atoms with Crippen LogP contribution in [0.2, 0.25) is 0 Å². The summed E-state index contributed by atoms with van der Waals surface area (Å²) in [5.74, 6) is -0.0619. The number of amides is 2. The van der Waals surface area contributed by atoms with Crippen LogP contribution in [-0.2, 0) is 22.4 Å². The molecule has 2 aromatic carbocycles. The minimum Gasteiger partial charge on any atom is -0.354 e. The molecular formula is C24H27N3O2S. The summed E-state index contributed by atoms with van der Waals surface area (Å²) in [6, 6.07) is 16.2. The number of benzene rings is 2. The van der Waals surface area contributed by atoms with Crippen molar-refractivity contribution in [1.82, 2.24) is 10.3 Å². The first kappa shape index (κ1) is 21.7. The van der Waals surface area contributed by atoms with Crippen LogP contribution in [0.15, 0.2) is 53.9 Å². The van der Waals surface area contributed by atoms with Crippen molar-refractivity contribution in [1.29, 1.82) is 0 Å². The first-order valence-electron chi connectivity index (χ1n) is 10.1. The quantitative estimate of drug-likeness (QED) is 0.551. The van der Waals surface area contributed by atoms with Gasteiger partial charge in [-0.15, -0.1) is 11.3 Å². The predicted octanol–water partition coefficient (Wildman–Crippen LogP) is 4.76. The van der Waals surface area contributed by atoms with E-state index in [9.17, 15) is 9.59 Å². The highest BCUT2D eigenvalue weighted by atomic mass is 32.1. The SMILES string of the molecule is CC(=O)N[C@@H](C)CCc1ccc(-c2csc(CC(=O)Nc3ccc(C)cc3)n2)cc1. The number of anilines is 1. The highest BCUT2D eigenvalue weighted by Gasteiger charge is 2.10. The van der Waals surface area contributed by atoms with E-state index in [1.54, 1.807) is 6.92 Å². The Balaban J connectivity index is 1.54. The molecule has 0 spiro atoms. The Hall–Kier alpha value is -2.99. The monoisotopic (exact) mass is 421 g/mol. The predicted molar refractivity (Wildman–Crippen MR) is 123 cm³/mol. The van der Waals surface area contributed by atoms with E-state index < -0.39 is 0 Å². The van der Waals surface area contributed by atoms with Gasteiger partial charge < -0.3 is 10.6 Å². The molecule has 3 aromatic rings. The van der Waals surface area contributed by atoms with Crippen molar-refractivity contribution in [3.05, 3.63) is 70.0 Å². The number of rotatable bonds is 8. The largest absolute Gasteiger partial charge is 0.354 e. The van der Waals surface area contributed by atoms with E-state index in [1.807, 2.05) is 43.5 Å². The minimum absolute atomic E-state index is 0.00438. The zero-order chi connectivity index (χ0) is 21.5. The molecule has 0 fully saturated rings.